The minimum atomic E-state index is -4.91. The van der Waals surface area contributed by atoms with Gasteiger partial charge < -0.3 is 15.2 Å². The monoisotopic (exact) mass is 355 g/mol. The minimum absolute atomic E-state index is 0.0538. The SMILES string of the molecule is COCC(S)CNc1ccc(C(O)(COOC)C(F)(F)F)cc1. The number of methoxy groups -OCH3 is 1. The van der Waals surface area contributed by atoms with Gasteiger partial charge in [-0.3, -0.25) is 0 Å². The molecular formula is C14H20F3NO4S. The maximum Gasteiger partial charge on any atom is 0.423 e. The van der Waals surface area contributed by atoms with Crippen LogP contribution in [0.15, 0.2) is 24.3 Å². The summed E-state index contributed by atoms with van der Waals surface area (Å²) in [6.45, 7) is -0.144. The molecule has 0 saturated carbocycles. The van der Waals surface area contributed by atoms with E-state index in [9.17, 15) is 18.3 Å². The van der Waals surface area contributed by atoms with Crippen LogP contribution in [0.2, 0.25) is 0 Å². The van der Waals surface area contributed by atoms with Crippen LogP contribution in [0.3, 0.4) is 0 Å². The van der Waals surface area contributed by atoms with Gasteiger partial charge in [-0.05, 0) is 17.7 Å². The smallest absolute Gasteiger partial charge is 0.384 e. The van der Waals surface area contributed by atoms with Crippen LogP contribution in [-0.2, 0) is 20.1 Å². The summed E-state index contributed by atoms with van der Waals surface area (Å²) in [5, 5.41) is 12.9. The highest BCUT2D eigenvalue weighted by molar-refractivity contribution is 7.81. The predicted octanol–water partition coefficient (Wildman–Crippen LogP) is 2.37. The van der Waals surface area contributed by atoms with Crippen LogP contribution in [0.25, 0.3) is 0 Å². The number of thiol groups is 1. The minimum Gasteiger partial charge on any atom is -0.384 e. The first-order valence-corrected chi connectivity index (χ1v) is 7.22. The van der Waals surface area contributed by atoms with Crippen molar-refractivity contribution in [3.63, 3.8) is 0 Å². The summed E-state index contributed by atoms with van der Waals surface area (Å²) in [6.07, 6.45) is -4.91. The Kier molecular flexibility index (Phi) is 7.62. The van der Waals surface area contributed by atoms with Gasteiger partial charge in [-0.25, -0.2) is 9.78 Å². The maximum absolute atomic E-state index is 13.1. The first kappa shape index (κ1) is 20.0. The normalized spacial score (nSPS) is 16.0. The molecule has 5 nitrogen and oxygen atoms in total. The molecule has 0 fully saturated rings. The third-order valence-electron chi connectivity index (χ3n) is 3.12. The lowest BCUT2D eigenvalue weighted by Crippen LogP contribution is -2.46. The summed E-state index contributed by atoms with van der Waals surface area (Å²) in [5.41, 5.74) is -2.89. The molecule has 0 heterocycles. The van der Waals surface area contributed by atoms with Crippen LogP contribution in [0.1, 0.15) is 5.56 Å². The van der Waals surface area contributed by atoms with Gasteiger partial charge in [0.25, 0.3) is 0 Å². The fourth-order valence-electron chi connectivity index (χ4n) is 1.82. The molecule has 0 aliphatic carbocycles. The molecule has 1 aromatic carbocycles. The van der Waals surface area contributed by atoms with Crippen LogP contribution in [0.4, 0.5) is 18.9 Å². The number of alkyl halides is 3. The Hall–Kier alpha value is -1.00. The number of halogens is 3. The highest BCUT2D eigenvalue weighted by Crippen LogP contribution is 2.39. The van der Waals surface area contributed by atoms with E-state index in [1.165, 1.54) is 24.3 Å². The van der Waals surface area contributed by atoms with E-state index in [1.54, 1.807) is 7.11 Å². The van der Waals surface area contributed by atoms with Gasteiger partial charge in [-0.2, -0.15) is 25.8 Å². The Morgan fingerprint density at radius 1 is 1.22 bits per heavy atom. The largest absolute Gasteiger partial charge is 0.423 e. The zero-order valence-electron chi connectivity index (χ0n) is 12.8. The molecule has 2 atom stereocenters. The van der Waals surface area contributed by atoms with E-state index in [0.717, 1.165) is 7.11 Å². The molecule has 23 heavy (non-hydrogen) atoms. The first-order chi connectivity index (χ1) is 10.7. The zero-order valence-corrected chi connectivity index (χ0v) is 13.7. The highest BCUT2D eigenvalue weighted by atomic mass is 32.1. The number of benzene rings is 1. The molecule has 1 rings (SSSR count). The van der Waals surface area contributed by atoms with Gasteiger partial charge in [0, 0.05) is 24.6 Å². The molecule has 2 N–H and O–H groups in total. The van der Waals surface area contributed by atoms with E-state index in [4.69, 9.17) is 4.74 Å². The molecule has 1 aromatic rings. The van der Waals surface area contributed by atoms with Gasteiger partial charge in [0.2, 0.25) is 5.60 Å². The molecule has 0 bridgehead atoms. The fourth-order valence-corrected chi connectivity index (χ4v) is 2.06. The second kappa shape index (κ2) is 8.74. The summed E-state index contributed by atoms with van der Waals surface area (Å²) < 4.78 is 44.3. The topological polar surface area (TPSA) is 60.0 Å². The number of ether oxygens (including phenoxy) is 1. The standard InChI is InChI=1S/C14H20F3NO4S/c1-20-8-12(23)7-18-11-5-3-10(4-6-11)13(19,9-22-21-2)14(15,16)17/h3-6,12,18-19,23H,7-9H2,1-2H3. The predicted molar refractivity (Wildman–Crippen MR) is 82.5 cm³/mol. The zero-order chi connectivity index (χ0) is 17.5. The number of anilines is 1. The Labute approximate surface area is 138 Å². The number of rotatable bonds is 9. The summed E-state index contributed by atoms with van der Waals surface area (Å²) in [4.78, 5) is 8.48. The van der Waals surface area contributed by atoms with Crippen molar-refractivity contribution in [1.29, 1.82) is 0 Å². The second-order valence-electron chi connectivity index (χ2n) is 4.85. The fraction of sp³-hybridized carbons (Fsp3) is 0.571. The molecule has 2 unspecified atom stereocenters. The van der Waals surface area contributed by atoms with Crippen molar-refractivity contribution < 1.29 is 32.8 Å². The molecule has 0 aliphatic rings. The summed E-state index contributed by atoms with van der Waals surface area (Å²) in [6, 6.07) is 5.23. The van der Waals surface area contributed by atoms with E-state index in [2.05, 4.69) is 27.7 Å². The number of hydrogen-bond acceptors (Lipinski definition) is 6. The van der Waals surface area contributed by atoms with E-state index < -0.39 is 18.4 Å². The maximum atomic E-state index is 13.1. The highest BCUT2D eigenvalue weighted by Gasteiger charge is 2.55. The van der Waals surface area contributed by atoms with E-state index in [0.29, 0.717) is 18.8 Å². The van der Waals surface area contributed by atoms with Crippen LogP contribution in [-0.4, -0.2) is 50.5 Å². The molecule has 0 aliphatic heterocycles. The summed E-state index contributed by atoms with van der Waals surface area (Å²) in [5.74, 6) is 0. The Bertz CT molecular complexity index is 472. The Balaban J connectivity index is 2.83. The van der Waals surface area contributed by atoms with Crippen LogP contribution >= 0.6 is 12.6 Å². The number of aliphatic hydroxyl groups is 1. The summed E-state index contributed by atoms with van der Waals surface area (Å²) >= 11 is 4.28. The van der Waals surface area contributed by atoms with Gasteiger partial charge in [-0.15, -0.1) is 0 Å². The molecule has 0 spiro atoms. The Morgan fingerprint density at radius 3 is 2.30 bits per heavy atom. The van der Waals surface area contributed by atoms with Gasteiger partial charge >= 0.3 is 6.18 Å². The van der Waals surface area contributed by atoms with Crippen LogP contribution < -0.4 is 5.32 Å². The Morgan fingerprint density at radius 2 is 1.83 bits per heavy atom. The summed E-state index contributed by atoms with van der Waals surface area (Å²) in [7, 11) is 2.62. The lowest BCUT2D eigenvalue weighted by molar-refractivity contribution is -0.349. The van der Waals surface area contributed by atoms with Gasteiger partial charge in [0.05, 0.1) is 13.7 Å². The van der Waals surface area contributed by atoms with Crippen molar-refractivity contribution in [1.82, 2.24) is 0 Å². The van der Waals surface area contributed by atoms with Crippen molar-refractivity contribution in [2.24, 2.45) is 0 Å². The average molecular weight is 355 g/mol. The third kappa shape index (κ3) is 5.54. The van der Waals surface area contributed by atoms with Gasteiger partial charge in [0.1, 0.15) is 6.61 Å². The van der Waals surface area contributed by atoms with Gasteiger partial charge in [-0.1, -0.05) is 12.1 Å². The first-order valence-electron chi connectivity index (χ1n) is 6.70. The molecule has 132 valence electrons. The van der Waals surface area contributed by atoms with E-state index in [1.807, 2.05) is 0 Å². The van der Waals surface area contributed by atoms with E-state index in [-0.39, 0.29) is 10.8 Å². The molecule has 0 amide bonds. The molecular weight excluding hydrogens is 335 g/mol. The molecule has 0 aromatic heterocycles. The van der Waals surface area contributed by atoms with Crippen molar-refractivity contribution in [3.8, 4) is 0 Å². The van der Waals surface area contributed by atoms with Crippen molar-refractivity contribution in [2.45, 2.75) is 17.0 Å². The number of hydrogen-bond donors (Lipinski definition) is 3. The molecule has 9 heteroatoms. The van der Waals surface area contributed by atoms with Crippen molar-refractivity contribution >= 4 is 18.3 Å². The van der Waals surface area contributed by atoms with Crippen LogP contribution in [0.5, 0.6) is 0 Å². The second-order valence-corrected chi connectivity index (χ2v) is 5.58. The molecule has 0 saturated heterocycles. The lowest BCUT2D eigenvalue weighted by Gasteiger charge is -2.30. The third-order valence-corrected chi connectivity index (χ3v) is 3.45. The van der Waals surface area contributed by atoms with Gasteiger partial charge in [0.15, 0.2) is 0 Å². The quantitative estimate of drug-likeness (QED) is 0.361. The van der Waals surface area contributed by atoms with E-state index >= 15 is 0 Å². The van der Waals surface area contributed by atoms with Crippen LogP contribution in [0, 0.1) is 0 Å². The lowest BCUT2D eigenvalue weighted by atomic mass is 9.94. The van der Waals surface area contributed by atoms with Crippen molar-refractivity contribution in [3.05, 3.63) is 29.8 Å². The number of nitrogens with one attached hydrogen (secondary N) is 1. The average Bonchev–Trinajstić information content (AvgIpc) is 2.50. The van der Waals surface area contributed by atoms with Crippen molar-refractivity contribution in [2.75, 3.05) is 39.3 Å². The molecule has 0 radical (unpaired) electrons.